The lowest BCUT2D eigenvalue weighted by atomic mass is 10.2. The van der Waals surface area contributed by atoms with Crippen LogP contribution in [0.3, 0.4) is 0 Å². The van der Waals surface area contributed by atoms with E-state index in [4.69, 9.17) is 9.15 Å². The molecule has 1 amide bonds. The summed E-state index contributed by atoms with van der Waals surface area (Å²) in [6.07, 6.45) is 6.95. The lowest BCUT2D eigenvalue weighted by Crippen LogP contribution is -2.29. The lowest BCUT2D eigenvalue weighted by Gasteiger charge is -2.04. The van der Waals surface area contributed by atoms with E-state index in [-0.39, 0.29) is 12.5 Å². The van der Waals surface area contributed by atoms with E-state index < -0.39 is 5.97 Å². The van der Waals surface area contributed by atoms with E-state index in [9.17, 15) is 9.59 Å². The first-order chi connectivity index (χ1) is 11.7. The van der Waals surface area contributed by atoms with Crippen molar-refractivity contribution in [3.8, 4) is 0 Å². The van der Waals surface area contributed by atoms with Gasteiger partial charge in [-0.2, -0.15) is 0 Å². The maximum absolute atomic E-state index is 11.6. The van der Waals surface area contributed by atoms with Gasteiger partial charge in [0.25, 0.3) is 5.91 Å². The molecule has 0 fully saturated rings. The minimum absolute atomic E-state index is 0.287. The van der Waals surface area contributed by atoms with Crippen molar-refractivity contribution in [2.75, 3.05) is 13.2 Å². The number of nitrogens with zero attached hydrogens (tertiary/aromatic N) is 1. The molecule has 24 heavy (non-hydrogen) atoms. The highest BCUT2D eigenvalue weighted by atomic mass is 16.5. The summed E-state index contributed by atoms with van der Waals surface area (Å²) in [6.45, 7) is 2.45. The molecule has 6 nitrogen and oxygen atoms in total. The summed E-state index contributed by atoms with van der Waals surface area (Å²) in [5.41, 5.74) is 1.36. The number of rotatable bonds is 9. The second-order valence-corrected chi connectivity index (χ2v) is 5.37. The molecule has 1 aromatic heterocycles. The Labute approximate surface area is 140 Å². The van der Waals surface area contributed by atoms with Crippen molar-refractivity contribution >= 4 is 29.1 Å². The molecule has 2 aromatic rings. The third kappa shape index (κ3) is 5.87. The fourth-order valence-electron chi connectivity index (χ4n) is 2.12. The number of carbonyl (C=O) groups is 2. The lowest BCUT2D eigenvalue weighted by molar-refractivity contribution is -0.143. The molecule has 0 bridgehead atoms. The molecule has 0 radical (unpaired) electrons. The SMILES string of the molecule is CCCCCCNC(=O)COC(=O)/C=C/c1nc2ccccc2o1. The zero-order valence-electron chi connectivity index (χ0n) is 13.8. The predicted molar refractivity (Wildman–Crippen MR) is 91.2 cm³/mol. The minimum atomic E-state index is -0.613. The van der Waals surface area contributed by atoms with Crippen LogP contribution in [-0.4, -0.2) is 30.0 Å². The summed E-state index contributed by atoms with van der Waals surface area (Å²) in [4.78, 5) is 27.3. The van der Waals surface area contributed by atoms with Crippen LogP contribution in [0.4, 0.5) is 0 Å². The summed E-state index contributed by atoms with van der Waals surface area (Å²) in [5.74, 6) is -0.595. The van der Waals surface area contributed by atoms with Crippen molar-refractivity contribution in [2.24, 2.45) is 0 Å². The standard InChI is InChI=1S/C18H22N2O4/c1-2-3-4-7-12-19-16(21)13-23-18(22)11-10-17-20-14-8-5-6-9-15(14)24-17/h5-6,8-11H,2-4,7,12-13H2,1H3,(H,19,21)/b11-10+. The zero-order valence-corrected chi connectivity index (χ0v) is 13.8. The summed E-state index contributed by atoms with van der Waals surface area (Å²) in [7, 11) is 0. The van der Waals surface area contributed by atoms with Crippen LogP contribution in [0.15, 0.2) is 34.8 Å². The Bertz CT molecular complexity index is 673. The second-order valence-electron chi connectivity index (χ2n) is 5.37. The van der Waals surface area contributed by atoms with Crippen LogP contribution in [0, 0.1) is 0 Å². The molecule has 6 heteroatoms. The van der Waals surface area contributed by atoms with E-state index in [2.05, 4.69) is 17.2 Å². The summed E-state index contributed by atoms with van der Waals surface area (Å²) in [6, 6.07) is 7.31. The molecule has 1 aromatic carbocycles. The number of para-hydroxylation sites is 2. The fraction of sp³-hybridized carbons (Fsp3) is 0.389. The Kier molecular flexibility index (Phi) is 7.01. The molecule has 0 saturated carbocycles. The molecule has 2 rings (SSSR count). The number of carbonyl (C=O) groups excluding carboxylic acids is 2. The number of nitrogens with one attached hydrogen (secondary N) is 1. The molecule has 0 unspecified atom stereocenters. The van der Waals surface area contributed by atoms with E-state index >= 15 is 0 Å². The molecular weight excluding hydrogens is 308 g/mol. The van der Waals surface area contributed by atoms with Gasteiger partial charge >= 0.3 is 5.97 Å². The average Bonchev–Trinajstić information content (AvgIpc) is 3.01. The van der Waals surface area contributed by atoms with Crippen LogP contribution in [0.5, 0.6) is 0 Å². The minimum Gasteiger partial charge on any atom is -0.452 e. The topological polar surface area (TPSA) is 81.4 Å². The number of benzene rings is 1. The molecule has 0 aliphatic rings. The molecule has 128 valence electrons. The number of fused-ring (bicyclic) bond motifs is 1. The predicted octanol–water partition coefficient (Wildman–Crippen LogP) is 3.08. The number of unbranched alkanes of at least 4 members (excludes halogenated alkanes) is 3. The molecule has 0 atom stereocenters. The Balaban J connectivity index is 1.69. The highest BCUT2D eigenvalue weighted by Crippen LogP contribution is 2.15. The van der Waals surface area contributed by atoms with Crippen LogP contribution in [0.25, 0.3) is 17.2 Å². The van der Waals surface area contributed by atoms with Crippen molar-refractivity contribution in [3.05, 3.63) is 36.2 Å². The van der Waals surface area contributed by atoms with Crippen molar-refractivity contribution in [2.45, 2.75) is 32.6 Å². The fourth-order valence-corrected chi connectivity index (χ4v) is 2.12. The van der Waals surface area contributed by atoms with E-state index in [1.54, 1.807) is 6.07 Å². The third-order valence-corrected chi connectivity index (χ3v) is 3.37. The monoisotopic (exact) mass is 330 g/mol. The number of hydrogen-bond donors (Lipinski definition) is 1. The van der Waals surface area contributed by atoms with Gasteiger partial charge in [0.1, 0.15) is 5.52 Å². The number of esters is 1. The molecule has 1 N–H and O–H groups in total. The van der Waals surface area contributed by atoms with Gasteiger partial charge in [-0.1, -0.05) is 38.3 Å². The normalized spacial score (nSPS) is 11.0. The first kappa shape index (κ1) is 17.7. The van der Waals surface area contributed by atoms with Gasteiger partial charge in [-0.15, -0.1) is 0 Å². The molecule has 0 saturated heterocycles. The molecule has 0 aliphatic heterocycles. The Morgan fingerprint density at radius 3 is 2.88 bits per heavy atom. The largest absolute Gasteiger partial charge is 0.452 e. The van der Waals surface area contributed by atoms with Gasteiger partial charge in [-0.05, 0) is 18.6 Å². The van der Waals surface area contributed by atoms with Crippen molar-refractivity contribution in [1.82, 2.24) is 10.3 Å². The highest BCUT2D eigenvalue weighted by molar-refractivity contribution is 5.89. The van der Waals surface area contributed by atoms with E-state index in [0.29, 0.717) is 23.5 Å². The molecule has 0 aliphatic carbocycles. The van der Waals surface area contributed by atoms with Gasteiger partial charge in [-0.25, -0.2) is 9.78 Å². The van der Waals surface area contributed by atoms with Crippen molar-refractivity contribution in [1.29, 1.82) is 0 Å². The molecular formula is C18H22N2O4. The third-order valence-electron chi connectivity index (χ3n) is 3.37. The molecule has 1 heterocycles. The number of amides is 1. The first-order valence-electron chi connectivity index (χ1n) is 8.16. The molecule has 0 spiro atoms. The van der Waals surface area contributed by atoms with E-state index in [1.807, 2.05) is 18.2 Å². The smallest absolute Gasteiger partial charge is 0.331 e. The summed E-state index contributed by atoms with van der Waals surface area (Å²) >= 11 is 0. The highest BCUT2D eigenvalue weighted by Gasteiger charge is 2.06. The second kappa shape index (κ2) is 9.50. The van der Waals surface area contributed by atoms with Crippen molar-refractivity contribution in [3.63, 3.8) is 0 Å². The van der Waals surface area contributed by atoms with Gasteiger partial charge < -0.3 is 14.5 Å². The van der Waals surface area contributed by atoms with Crippen molar-refractivity contribution < 1.29 is 18.7 Å². The van der Waals surface area contributed by atoms with Crippen LogP contribution < -0.4 is 5.32 Å². The quantitative estimate of drug-likeness (QED) is 0.434. The van der Waals surface area contributed by atoms with E-state index in [1.165, 1.54) is 12.2 Å². The summed E-state index contributed by atoms with van der Waals surface area (Å²) in [5, 5.41) is 2.72. The van der Waals surface area contributed by atoms with Crippen LogP contribution in [0.1, 0.15) is 38.5 Å². The van der Waals surface area contributed by atoms with Gasteiger partial charge in [0.2, 0.25) is 5.89 Å². The number of hydrogen-bond acceptors (Lipinski definition) is 5. The van der Waals surface area contributed by atoms with Gasteiger partial charge in [-0.3, -0.25) is 4.79 Å². The number of ether oxygens (including phenoxy) is 1. The maximum Gasteiger partial charge on any atom is 0.331 e. The van der Waals surface area contributed by atoms with E-state index in [0.717, 1.165) is 25.7 Å². The average molecular weight is 330 g/mol. The number of aromatic nitrogens is 1. The Morgan fingerprint density at radius 2 is 2.08 bits per heavy atom. The summed E-state index contributed by atoms with van der Waals surface area (Å²) < 4.78 is 10.3. The van der Waals surface area contributed by atoms with Gasteiger partial charge in [0.05, 0.1) is 0 Å². The Morgan fingerprint density at radius 1 is 1.25 bits per heavy atom. The number of oxazole rings is 1. The first-order valence-corrected chi connectivity index (χ1v) is 8.16. The van der Waals surface area contributed by atoms with Crippen LogP contribution >= 0.6 is 0 Å². The van der Waals surface area contributed by atoms with Gasteiger partial charge in [0, 0.05) is 18.7 Å². The van der Waals surface area contributed by atoms with Crippen LogP contribution in [0.2, 0.25) is 0 Å². The Hall–Kier alpha value is -2.63. The van der Waals surface area contributed by atoms with Crippen LogP contribution in [-0.2, 0) is 14.3 Å². The zero-order chi connectivity index (χ0) is 17.2. The van der Waals surface area contributed by atoms with Gasteiger partial charge in [0.15, 0.2) is 12.2 Å². The maximum atomic E-state index is 11.6.